The van der Waals surface area contributed by atoms with Crippen LogP contribution < -0.4 is 15.8 Å². The number of hydrogen-bond acceptors (Lipinski definition) is 4. The van der Waals surface area contributed by atoms with Crippen LogP contribution in [-0.2, 0) is 4.74 Å². The summed E-state index contributed by atoms with van der Waals surface area (Å²) >= 11 is 0. The van der Waals surface area contributed by atoms with E-state index in [9.17, 15) is 4.79 Å². The molecule has 2 amide bonds. The fraction of sp³-hybridized carbons (Fsp3) is 0.462. The summed E-state index contributed by atoms with van der Waals surface area (Å²) in [6, 6.07) is 6.96. The predicted molar refractivity (Wildman–Crippen MR) is 74.5 cm³/mol. The van der Waals surface area contributed by atoms with Gasteiger partial charge < -0.3 is 25.4 Å². The number of carbonyl (C=O) groups excluding carboxylic acids is 1. The Morgan fingerprint density at radius 2 is 1.95 bits per heavy atom. The van der Waals surface area contributed by atoms with Gasteiger partial charge in [-0.1, -0.05) is 0 Å². The van der Waals surface area contributed by atoms with Crippen molar-refractivity contribution in [1.82, 2.24) is 4.90 Å². The maximum Gasteiger partial charge on any atom is 0.321 e. The molecule has 0 atom stereocenters. The molecule has 3 N–H and O–H groups in total. The number of hydrogen-bond donors (Lipinski definition) is 2. The highest BCUT2D eigenvalue weighted by molar-refractivity contribution is 5.89. The zero-order valence-corrected chi connectivity index (χ0v) is 11.4. The van der Waals surface area contributed by atoms with Crippen LogP contribution in [0.1, 0.15) is 0 Å². The molecule has 0 aliphatic carbocycles. The summed E-state index contributed by atoms with van der Waals surface area (Å²) in [4.78, 5) is 13.7. The lowest BCUT2D eigenvalue weighted by Gasteiger charge is -2.22. The van der Waals surface area contributed by atoms with Crippen molar-refractivity contribution in [2.24, 2.45) is 5.73 Å². The number of nitrogens with two attached hydrogens (primary N) is 1. The van der Waals surface area contributed by atoms with Crippen LogP contribution in [0.4, 0.5) is 10.5 Å². The highest BCUT2D eigenvalue weighted by atomic mass is 16.5. The van der Waals surface area contributed by atoms with Crippen LogP contribution in [0.2, 0.25) is 0 Å². The largest absolute Gasteiger partial charge is 0.497 e. The summed E-state index contributed by atoms with van der Waals surface area (Å²) in [5.41, 5.74) is 6.20. The third kappa shape index (κ3) is 5.15. The number of amides is 2. The summed E-state index contributed by atoms with van der Waals surface area (Å²) < 4.78 is 10.0. The number of ether oxygens (including phenoxy) is 2. The van der Waals surface area contributed by atoms with E-state index in [4.69, 9.17) is 15.2 Å². The molecule has 6 heteroatoms. The molecule has 0 fully saturated rings. The molecule has 0 radical (unpaired) electrons. The average Bonchev–Trinajstić information content (AvgIpc) is 2.44. The summed E-state index contributed by atoms with van der Waals surface area (Å²) in [5, 5.41) is 2.81. The van der Waals surface area contributed by atoms with Crippen molar-refractivity contribution in [2.45, 2.75) is 0 Å². The van der Waals surface area contributed by atoms with Crippen molar-refractivity contribution in [3.05, 3.63) is 24.3 Å². The smallest absolute Gasteiger partial charge is 0.321 e. The van der Waals surface area contributed by atoms with E-state index in [0.29, 0.717) is 31.9 Å². The normalized spacial score (nSPS) is 10.1. The Bertz CT molecular complexity index is 381. The van der Waals surface area contributed by atoms with Crippen molar-refractivity contribution < 1.29 is 14.3 Å². The molecule has 0 heterocycles. The van der Waals surface area contributed by atoms with E-state index < -0.39 is 0 Å². The van der Waals surface area contributed by atoms with Crippen molar-refractivity contribution in [2.75, 3.05) is 45.8 Å². The van der Waals surface area contributed by atoms with Gasteiger partial charge >= 0.3 is 6.03 Å². The summed E-state index contributed by atoms with van der Waals surface area (Å²) in [7, 11) is 3.20. The monoisotopic (exact) mass is 267 g/mol. The van der Waals surface area contributed by atoms with E-state index in [-0.39, 0.29) is 6.03 Å². The van der Waals surface area contributed by atoms with E-state index in [0.717, 1.165) is 5.75 Å². The van der Waals surface area contributed by atoms with Crippen LogP contribution in [0.25, 0.3) is 0 Å². The molecule has 0 aliphatic heterocycles. The van der Waals surface area contributed by atoms with E-state index >= 15 is 0 Å². The van der Waals surface area contributed by atoms with Gasteiger partial charge in [0.05, 0.1) is 13.7 Å². The Morgan fingerprint density at radius 3 is 2.47 bits per heavy atom. The van der Waals surface area contributed by atoms with Crippen LogP contribution in [0.3, 0.4) is 0 Å². The molecular weight excluding hydrogens is 246 g/mol. The minimum Gasteiger partial charge on any atom is -0.497 e. The van der Waals surface area contributed by atoms with E-state index in [1.807, 2.05) is 0 Å². The number of methoxy groups -OCH3 is 2. The van der Waals surface area contributed by atoms with Gasteiger partial charge in [-0.3, -0.25) is 0 Å². The Labute approximate surface area is 113 Å². The van der Waals surface area contributed by atoms with E-state index in [1.165, 1.54) is 0 Å². The van der Waals surface area contributed by atoms with Gasteiger partial charge in [-0.25, -0.2) is 4.79 Å². The van der Waals surface area contributed by atoms with Gasteiger partial charge in [0.1, 0.15) is 5.75 Å². The molecule has 0 aromatic heterocycles. The number of benzene rings is 1. The standard InChI is InChI=1S/C13H21N3O3/c1-18-10-9-16(8-7-14)13(17)15-11-3-5-12(19-2)6-4-11/h3-6H,7-10,14H2,1-2H3,(H,15,17). The maximum absolute atomic E-state index is 12.0. The van der Waals surface area contributed by atoms with Gasteiger partial charge in [-0.15, -0.1) is 0 Å². The van der Waals surface area contributed by atoms with Crippen molar-refractivity contribution in [3.8, 4) is 5.75 Å². The van der Waals surface area contributed by atoms with Crippen LogP contribution in [0.5, 0.6) is 5.75 Å². The summed E-state index contributed by atoms with van der Waals surface area (Å²) in [6.45, 7) is 1.90. The molecule has 6 nitrogen and oxygen atoms in total. The van der Waals surface area contributed by atoms with Crippen molar-refractivity contribution in [1.29, 1.82) is 0 Å². The van der Waals surface area contributed by atoms with Crippen LogP contribution in [0.15, 0.2) is 24.3 Å². The maximum atomic E-state index is 12.0. The highest BCUT2D eigenvalue weighted by Crippen LogP contribution is 2.15. The number of anilines is 1. The first kappa shape index (κ1) is 15.3. The fourth-order valence-corrected chi connectivity index (χ4v) is 1.55. The van der Waals surface area contributed by atoms with Crippen LogP contribution >= 0.6 is 0 Å². The number of nitrogens with zero attached hydrogens (tertiary/aromatic N) is 1. The Balaban J connectivity index is 2.58. The van der Waals surface area contributed by atoms with Gasteiger partial charge in [-0.05, 0) is 24.3 Å². The molecule has 1 aromatic rings. The van der Waals surface area contributed by atoms with Gasteiger partial charge in [0, 0.05) is 32.4 Å². The lowest BCUT2D eigenvalue weighted by atomic mass is 10.3. The Kier molecular flexibility index (Phi) is 6.70. The summed E-state index contributed by atoms with van der Waals surface area (Å²) in [5.74, 6) is 0.746. The number of carbonyl (C=O) groups is 1. The van der Waals surface area contributed by atoms with Crippen molar-refractivity contribution >= 4 is 11.7 Å². The SMILES string of the molecule is COCCN(CCN)C(=O)Nc1ccc(OC)cc1. The van der Waals surface area contributed by atoms with Crippen molar-refractivity contribution in [3.63, 3.8) is 0 Å². The molecule has 0 aliphatic rings. The van der Waals surface area contributed by atoms with Crippen LogP contribution in [-0.4, -0.2) is 51.4 Å². The third-order valence-corrected chi connectivity index (χ3v) is 2.59. The van der Waals surface area contributed by atoms with E-state index in [2.05, 4.69) is 5.32 Å². The molecule has 19 heavy (non-hydrogen) atoms. The highest BCUT2D eigenvalue weighted by Gasteiger charge is 2.12. The molecule has 0 saturated carbocycles. The van der Waals surface area contributed by atoms with Gasteiger partial charge in [0.15, 0.2) is 0 Å². The molecule has 1 aromatic carbocycles. The Hall–Kier alpha value is -1.79. The minimum atomic E-state index is -0.187. The molecule has 0 unspecified atom stereocenters. The first-order chi connectivity index (χ1) is 9.21. The van der Waals surface area contributed by atoms with Crippen LogP contribution in [0, 0.1) is 0 Å². The van der Waals surface area contributed by atoms with Gasteiger partial charge in [0.2, 0.25) is 0 Å². The van der Waals surface area contributed by atoms with Gasteiger partial charge in [0.25, 0.3) is 0 Å². The molecule has 0 saturated heterocycles. The molecule has 0 spiro atoms. The second kappa shape index (κ2) is 8.34. The molecule has 106 valence electrons. The first-order valence-corrected chi connectivity index (χ1v) is 6.10. The summed E-state index contributed by atoms with van der Waals surface area (Å²) in [6.07, 6.45) is 0. The molecular formula is C13H21N3O3. The zero-order chi connectivity index (χ0) is 14.1. The average molecular weight is 267 g/mol. The molecule has 0 bridgehead atoms. The fourth-order valence-electron chi connectivity index (χ4n) is 1.55. The third-order valence-electron chi connectivity index (χ3n) is 2.59. The second-order valence-electron chi connectivity index (χ2n) is 3.93. The predicted octanol–water partition coefficient (Wildman–Crippen LogP) is 1.13. The Morgan fingerprint density at radius 1 is 1.26 bits per heavy atom. The second-order valence-corrected chi connectivity index (χ2v) is 3.93. The number of nitrogens with one attached hydrogen (secondary N) is 1. The number of rotatable bonds is 7. The van der Waals surface area contributed by atoms with E-state index in [1.54, 1.807) is 43.4 Å². The lowest BCUT2D eigenvalue weighted by molar-refractivity contribution is 0.156. The first-order valence-electron chi connectivity index (χ1n) is 6.10. The quantitative estimate of drug-likeness (QED) is 0.776. The zero-order valence-electron chi connectivity index (χ0n) is 11.4. The number of urea groups is 1. The minimum absolute atomic E-state index is 0.187. The topological polar surface area (TPSA) is 76.8 Å². The molecule has 1 rings (SSSR count). The van der Waals surface area contributed by atoms with Gasteiger partial charge in [-0.2, -0.15) is 0 Å². The lowest BCUT2D eigenvalue weighted by Crippen LogP contribution is -2.40.